The first-order valence-corrected chi connectivity index (χ1v) is 11.5. The molecule has 5 aromatic rings. The fourth-order valence-corrected chi connectivity index (χ4v) is 4.16. The average molecular weight is 477 g/mol. The van der Waals surface area contributed by atoms with Crippen LogP contribution in [0.5, 0.6) is 5.75 Å². The summed E-state index contributed by atoms with van der Waals surface area (Å²) in [6.45, 7) is -0.125. The molecule has 36 heavy (non-hydrogen) atoms. The quantitative estimate of drug-likeness (QED) is 0.244. The second-order valence-corrected chi connectivity index (χ2v) is 8.38. The number of fused-ring (bicyclic) bond motifs is 1. The Labute approximate surface area is 207 Å². The summed E-state index contributed by atoms with van der Waals surface area (Å²) >= 11 is 0. The SMILES string of the molecule is COc1cc(C=CC(=O)c2cccc(-n3cc(-c4ccc5ccccc5c4)[nH]c3=O)c2)ccc1CO. The number of allylic oxidation sites excluding steroid dienone is 1. The number of rotatable bonds is 7. The zero-order chi connectivity index (χ0) is 25.1. The van der Waals surface area contributed by atoms with Gasteiger partial charge in [-0.05, 0) is 46.7 Å². The monoisotopic (exact) mass is 476 g/mol. The van der Waals surface area contributed by atoms with E-state index in [2.05, 4.69) is 4.98 Å². The van der Waals surface area contributed by atoms with E-state index in [-0.39, 0.29) is 18.1 Å². The summed E-state index contributed by atoms with van der Waals surface area (Å²) in [5, 5.41) is 11.6. The van der Waals surface area contributed by atoms with E-state index in [9.17, 15) is 14.7 Å². The molecule has 0 atom stereocenters. The summed E-state index contributed by atoms with van der Waals surface area (Å²) in [5.41, 5.74) is 3.82. The molecule has 4 aromatic carbocycles. The number of carbonyl (C=O) groups excluding carboxylic acids is 1. The summed E-state index contributed by atoms with van der Waals surface area (Å²) in [4.78, 5) is 28.5. The van der Waals surface area contributed by atoms with Crippen LogP contribution in [0.25, 0.3) is 33.8 Å². The Morgan fingerprint density at radius 2 is 1.81 bits per heavy atom. The summed E-state index contributed by atoms with van der Waals surface area (Å²) in [6, 6.07) is 26.4. The minimum Gasteiger partial charge on any atom is -0.496 e. The van der Waals surface area contributed by atoms with Crippen molar-refractivity contribution >= 4 is 22.6 Å². The minimum absolute atomic E-state index is 0.125. The van der Waals surface area contributed by atoms with Crippen molar-refractivity contribution in [2.75, 3.05) is 7.11 Å². The minimum atomic E-state index is -0.283. The zero-order valence-corrected chi connectivity index (χ0v) is 19.6. The number of nitrogens with one attached hydrogen (secondary N) is 1. The standard InChI is InChI=1S/C30H24N2O4/c1-36-29-15-20(9-11-25(29)19-33)10-14-28(34)24-7-4-8-26(17-24)32-18-27(31-30(32)35)23-13-12-21-5-2-3-6-22(21)16-23/h2-18,33H,19H2,1H3,(H,31,35). The number of imidazole rings is 1. The van der Waals surface area contributed by atoms with Crippen molar-refractivity contribution in [1.29, 1.82) is 0 Å². The van der Waals surface area contributed by atoms with E-state index in [4.69, 9.17) is 4.74 Å². The van der Waals surface area contributed by atoms with E-state index in [1.54, 1.807) is 48.7 Å². The zero-order valence-electron chi connectivity index (χ0n) is 19.6. The van der Waals surface area contributed by atoms with Crippen molar-refractivity contribution in [2.45, 2.75) is 6.61 Å². The Balaban J connectivity index is 1.41. The first kappa shape index (κ1) is 23.1. The molecule has 0 aliphatic heterocycles. The molecule has 178 valence electrons. The van der Waals surface area contributed by atoms with Crippen molar-refractivity contribution < 1.29 is 14.6 Å². The van der Waals surface area contributed by atoms with Crippen molar-refractivity contribution in [3.63, 3.8) is 0 Å². The van der Waals surface area contributed by atoms with Crippen LogP contribution in [0.4, 0.5) is 0 Å². The van der Waals surface area contributed by atoms with Crippen LogP contribution >= 0.6 is 0 Å². The van der Waals surface area contributed by atoms with Crippen molar-refractivity contribution in [1.82, 2.24) is 9.55 Å². The number of hydrogen-bond acceptors (Lipinski definition) is 4. The van der Waals surface area contributed by atoms with Crippen LogP contribution in [0.1, 0.15) is 21.5 Å². The molecular formula is C30H24N2O4. The molecule has 0 saturated heterocycles. The van der Waals surface area contributed by atoms with Gasteiger partial charge in [0.25, 0.3) is 0 Å². The van der Waals surface area contributed by atoms with Gasteiger partial charge in [-0.25, -0.2) is 4.79 Å². The smallest absolute Gasteiger partial charge is 0.330 e. The van der Waals surface area contributed by atoms with Crippen LogP contribution in [-0.2, 0) is 6.61 Å². The van der Waals surface area contributed by atoms with Crippen LogP contribution in [-0.4, -0.2) is 27.6 Å². The molecule has 2 N–H and O–H groups in total. The number of aliphatic hydroxyl groups is 1. The summed E-state index contributed by atoms with van der Waals surface area (Å²) in [5.74, 6) is 0.364. The van der Waals surface area contributed by atoms with Gasteiger partial charge in [0.05, 0.1) is 25.1 Å². The molecular weight excluding hydrogens is 452 g/mol. The fraction of sp³-hybridized carbons (Fsp3) is 0.0667. The largest absolute Gasteiger partial charge is 0.496 e. The second-order valence-electron chi connectivity index (χ2n) is 8.38. The van der Waals surface area contributed by atoms with Gasteiger partial charge in [0.15, 0.2) is 5.78 Å². The lowest BCUT2D eigenvalue weighted by atomic mass is 10.1. The first-order valence-electron chi connectivity index (χ1n) is 11.5. The highest BCUT2D eigenvalue weighted by Gasteiger charge is 2.10. The molecule has 0 radical (unpaired) electrons. The van der Waals surface area contributed by atoms with Gasteiger partial charge in [0, 0.05) is 22.9 Å². The number of aromatic nitrogens is 2. The molecule has 0 spiro atoms. The highest BCUT2D eigenvalue weighted by molar-refractivity contribution is 6.07. The number of ketones is 1. The lowest BCUT2D eigenvalue weighted by molar-refractivity contribution is 0.104. The number of hydrogen-bond donors (Lipinski definition) is 2. The lowest BCUT2D eigenvalue weighted by Crippen LogP contribution is -2.14. The normalized spacial score (nSPS) is 11.3. The number of aliphatic hydroxyl groups excluding tert-OH is 1. The molecule has 5 rings (SSSR count). The number of aromatic amines is 1. The number of ether oxygens (including phenoxy) is 1. The molecule has 1 heterocycles. The fourth-order valence-electron chi connectivity index (χ4n) is 4.16. The number of carbonyl (C=O) groups is 1. The molecule has 0 bridgehead atoms. The number of nitrogens with zero attached hydrogens (tertiary/aromatic N) is 1. The van der Waals surface area contributed by atoms with Crippen LogP contribution in [0, 0.1) is 0 Å². The Kier molecular flexibility index (Phi) is 6.34. The van der Waals surface area contributed by atoms with Gasteiger partial charge in [-0.15, -0.1) is 0 Å². The summed E-state index contributed by atoms with van der Waals surface area (Å²) in [6.07, 6.45) is 4.92. The van der Waals surface area contributed by atoms with Gasteiger partial charge in [-0.1, -0.05) is 66.7 Å². The van der Waals surface area contributed by atoms with Crippen molar-refractivity contribution in [2.24, 2.45) is 0 Å². The Hall–Kier alpha value is -4.68. The van der Waals surface area contributed by atoms with Gasteiger partial charge < -0.3 is 14.8 Å². The maximum Gasteiger partial charge on any atom is 0.330 e. The third-order valence-corrected chi connectivity index (χ3v) is 6.10. The molecule has 0 amide bonds. The van der Waals surface area contributed by atoms with Crippen LogP contribution in [0.3, 0.4) is 0 Å². The molecule has 0 unspecified atom stereocenters. The van der Waals surface area contributed by atoms with Gasteiger partial charge in [0.2, 0.25) is 0 Å². The molecule has 6 nitrogen and oxygen atoms in total. The van der Waals surface area contributed by atoms with E-state index >= 15 is 0 Å². The van der Waals surface area contributed by atoms with Gasteiger partial charge in [0.1, 0.15) is 5.75 Å². The molecule has 0 fully saturated rings. The molecule has 0 saturated carbocycles. The third kappa shape index (κ3) is 4.62. The predicted octanol–water partition coefficient (Wildman–Crippen LogP) is 5.38. The van der Waals surface area contributed by atoms with Gasteiger partial charge in [-0.2, -0.15) is 0 Å². The second kappa shape index (κ2) is 9.90. The third-order valence-electron chi connectivity index (χ3n) is 6.10. The molecule has 0 aliphatic carbocycles. The Morgan fingerprint density at radius 1 is 0.972 bits per heavy atom. The van der Waals surface area contributed by atoms with Crippen LogP contribution in [0.15, 0.2) is 102 Å². The average Bonchev–Trinajstić information content (AvgIpc) is 3.32. The van der Waals surface area contributed by atoms with Crippen LogP contribution < -0.4 is 10.4 Å². The van der Waals surface area contributed by atoms with Gasteiger partial charge >= 0.3 is 5.69 Å². The Morgan fingerprint density at radius 3 is 2.61 bits per heavy atom. The summed E-state index contributed by atoms with van der Waals surface area (Å²) in [7, 11) is 1.53. The van der Waals surface area contributed by atoms with Crippen molar-refractivity contribution in [3.8, 4) is 22.7 Å². The maximum atomic E-state index is 12.9. The number of H-pyrrole nitrogens is 1. The highest BCUT2D eigenvalue weighted by atomic mass is 16.5. The summed E-state index contributed by atoms with van der Waals surface area (Å²) < 4.78 is 6.79. The first-order chi connectivity index (χ1) is 17.6. The van der Waals surface area contributed by atoms with E-state index < -0.39 is 0 Å². The Bertz CT molecular complexity index is 1660. The highest BCUT2D eigenvalue weighted by Crippen LogP contribution is 2.24. The van der Waals surface area contributed by atoms with Crippen molar-refractivity contribution in [3.05, 3.63) is 124 Å². The predicted molar refractivity (Wildman–Crippen MR) is 142 cm³/mol. The molecule has 6 heteroatoms. The van der Waals surface area contributed by atoms with Gasteiger partial charge in [-0.3, -0.25) is 9.36 Å². The van der Waals surface area contributed by atoms with E-state index in [1.165, 1.54) is 17.8 Å². The number of methoxy groups -OCH3 is 1. The molecule has 0 aliphatic rings. The van der Waals surface area contributed by atoms with E-state index in [1.807, 2.05) is 48.5 Å². The van der Waals surface area contributed by atoms with E-state index in [0.717, 1.165) is 21.9 Å². The molecule has 1 aromatic heterocycles. The lowest BCUT2D eigenvalue weighted by Gasteiger charge is -2.07. The van der Waals surface area contributed by atoms with Crippen LogP contribution in [0.2, 0.25) is 0 Å². The van der Waals surface area contributed by atoms with E-state index in [0.29, 0.717) is 28.3 Å². The maximum absolute atomic E-state index is 12.9. The topological polar surface area (TPSA) is 84.3 Å². The number of benzene rings is 4.